The maximum atomic E-state index is 16.9. The van der Waals surface area contributed by atoms with Gasteiger partial charge in [-0.15, -0.1) is 6.42 Å². The number of piperazine rings is 1. The Hall–Kier alpha value is -3.75. The molecule has 0 spiro atoms. The molecule has 4 aliphatic heterocycles. The molecule has 0 saturated carbocycles. The van der Waals surface area contributed by atoms with Gasteiger partial charge in [0.1, 0.15) is 22.9 Å². The molecule has 4 aromatic rings. The van der Waals surface area contributed by atoms with Gasteiger partial charge in [0.25, 0.3) is 0 Å². The van der Waals surface area contributed by atoms with Crippen molar-refractivity contribution < 1.29 is 23.4 Å². The molecule has 4 unspecified atom stereocenters. The number of hydrogen-bond donors (Lipinski definition) is 2. The highest BCUT2D eigenvalue weighted by Gasteiger charge is 2.35. The minimum absolute atomic E-state index is 0.0323. The van der Waals surface area contributed by atoms with E-state index in [1.54, 1.807) is 6.07 Å². The van der Waals surface area contributed by atoms with Crippen LogP contribution in [0.2, 0.25) is 5.02 Å². The zero-order valence-corrected chi connectivity index (χ0v) is 26.0. The number of aromatic nitrogens is 2. The molecule has 4 saturated heterocycles. The van der Waals surface area contributed by atoms with Gasteiger partial charge in [-0.1, -0.05) is 23.6 Å². The predicted molar refractivity (Wildman–Crippen MR) is 174 cm³/mol. The number of fused-ring (bicyclic) bond motifs is 6. The summed E-state index contributed by atoms with van der Waals surface area (Å²) in [5.74, 6) is 1.46. The minimum Gasteiger partial charge on any atom is -0.508 e. The zero-order chi connectivity index (χ0) is 31.5. The van der Waals surface area contributed by atoms with E-state index in [1.165, 1.54) is 24.3 Å². The van der Waals surface area contributed by atoms with E-state index < -0.39 is 11.6 Å². The van der Waals surface area contributed by atoms with Crippen LogP contribution in [0.3, 0.4) is 0 Å². The molecule has 4 bridgehead atoms. The zero-order valence-electron chi connectivity index (χ0n) is 25.2. The lowest BCUT2D eigenvalue weighted by atomic mass is 9.93. The van der Waals surface area contributed by atoms with Crippen molar-refractivity contribution >= 4 is 39.1 Å². The monoisotopic (exact) mass is 645 g/mol. The standard InChI is InChI=1S/C35H34ClF2N5O3/c1-2-25-29(37)9-4-19-12-22(44)13-26(30(19)25)31-28(36)14-27-33(32(31)38)40-35(41-34(27)43-15-20-5-6-21(16-43)39-20)45-11-3-10-42-17-23-7-8-24(18-42)46-23/h1,4,9,12-14,20-21,23-24,39,44H,3,5-8,10-11,15-18H2. The molecule has 238 valence electrons. The first-order chi connectivity index (χ1) is 22.3. The lowest BCUT2D eigenvalue weighted by Crippen LogP contribution is -2.51. The smallest absolute Gasteiger partial charge is 0.319 e. The summed E-state index contributed by atoms with van der Waals surface area (Å²) in [6, 6.07) is 7.89. The molecule has 8 nitrogen and oxygen atoms in total. The van der Waals surface area contributed by atoms with Crippen molar-refractivity contribution in [1.82, 2.24) is 20.2 Å². The van der Waals surface area contributed by atoms with Gasteiger partial charge < -0.3 is 24.8 Å². The molecular weight excluding hydrogens is 612 g/mol. The molecule has 4 atom stereocenters. The average molecular weight is 646 g/mol. The number of benzene rings is 3. The third kappa shape index (κ3) is 5.29. The van der Waals surface area contributed by atoms with E-state index in [1.807, 2.05) is 0 Å². The lowest BCUT2D eigenvalue weighted by Gasteiger charge is -2.34. The van der Waals surface area contributed by atoms with Crippen molar-refractivity contribution in [1.29, 1.82) is 0 Å². The molecule has 1 aromatic heterocycles. The van der Waals surface area contributed by atoms with Crippen LogP contribution in [0.1, 0.15) is 37.7 Å². The van der Waals surface area contributed by atoms with Crippen LogP contribution >= 0.6 is 11.6 Å². The molecule has 46 heavy (non-hydrogen) atoms. The molecule has 0 aliphatic carbocycles. The Balaban J connectivity index is 1.19. The number of hydrogen-bond acceptors (Lipinski definition) is 8. The van der Waals surface area contributed by atoms with E-state index in [-0.39, 0.29) is 44.4 Å². The third-order valence-electron chi connectivity index (χ3n) is 9.79. The number of nitrogens with zero attached hydrogens (tertiary/aromatic N) is 4. The minimum atomic E-state index is -0.725. The quantitative estimate of drug-likeness (QED) is 0.197. The predicted octanol–water partition coefficient (Wildman–Crippen LogP) is 5.64. The van der Waals surface area contributed by atoms with E-state index in [2.05, 4.69) is 26.0 Å². The second-order valence-corrected chi connectivity index (χ2v) is 13.3. The van der Waals surface area contributed by atoms with E-state index in [0.29, 0.717) is 60.6 Å². The van der Waals surface area contributed by atoms with Gasteiger partial charge in [0, 0.05) is 61.1 Å². The number of morpholine rings is 1. The summed E-state index contributed by atoms with van der Waals surface area (Å²) >= 11 is 6.85. The Bertz CT molecular complexity index is 1880. The van der Waals surface area contributed by atoms with Gasteiger partial charge in [0.2, 0.25) is 0 Å². The van der Waals surface area contributed by atoms with Crippen LogP contribution in [0.5, 0.6) is 11.8 Å². The summed E-state index contributed by atoms with van der Waals surface area (Å²) in [4.78, 5) is 14.0. The average Bonchev–Trinajstić information content (AvgIpc) is 3.57. The molecule has 3 aromatic carbocycles. The number of anilines is 1. The van der Waals surface area contributed by atoms with Gasteiger partial charge in [0.15, 0.2) is 5.82 Å². The van der Waals surface area contributed by atoms with Crippen LogP contribution < -0.4 is 15.0 Å². The van der Waals surface area contributed by atoms with Crippen LogP contribution in [0, 0.1) is 24.0 Å². The highest BCUT2D eigenvalue weighted by Crippen LogP contribution is 2.44. The molecule has 0 amide bonds. The molecule has 11 heteroatoms. The van der Waals surface area contributed by atoms with E-state index in [0.717, 1.165) is 51.7 Å². The van der Waals surface area contributed by atoms with Gasteiger partial charge in [-0.2, -0.15) is 9.97 Å². The van der Waals surface area contributed by atoms with Gasteiger partial charge >= 0.3 is 6.01 Å². The van der Waals surface area contributed by atoms with Crippen LogP contribution in [-0.2, 0) is 4.74 Å². The summed E-state index contributed by atoms with van der Waals surface area (Å²) in [6.45, 7) is 4.53. The Morgan fingerprint density at radius 1 is 1.04 bits per heavy atom. The van der Waals surface area contributed by atoms with Crippen molar-refractivity contribution in [2.45, 2.75) is 56.4 Å². The summed E-state index contributed by atoms with van der Waals surface area (Å²) < 4.78 is 43.8. The number of halogens is 3. The van der Waals surface area contributed by atoms with Gasteiger partial charge in [0.05, 0.1) is 29.4 Å². The van der Waals surface area contributed by atoms with Crippen molar-refractivity contribution in [3.8, 4) is 35.2 Å². The molecular formula is C35H34ClF2N5O3. The van der Waals surface area contributed by atoms with Gasteiger partial charge in [-0.3, -0.25) is 4.90 Å². The van der Waals surface area contributed by atoms with E-state index in [9.17, 15) is 9.50 Å². The number of rotatable bonds is 7. The van der Waals surface area contributed by atoms with Crippen LogP contribution in [0.25, 0.3) is 32.8 Å². The van der Waals surface area contributed by atoms with Crippen LogP contribution in [0.4, 0.5) is 14.6 Å². The number of likely N-dealkylation sites (tertiary alicyclic amines) is 1. The van der Waals surface area contributed by atoms with Gasteiger partial charge in [-0.25, -0.2) is 8.78 Å². The van der Waals surface area contributed by atoms with Crippen LogP contribution in [0.15, 0.2) is 30.3 Å². The first kappa shape index (κ1) is 29.6. The topological polar surface area (TPSA) is 83.0 Å². The lowest BCUT2D eigenvalue weighted by molar-refractivity contribution is -0.0391. The molecule has 0 radical (unpaired) electrons. The number of ether oxygens (including phenoxy) is 2. The summed E-state index contributed by atoms with van der Waals surface area (Å²) in [7, 11) is 0. The first-order valence-electron chi connectivity index (χ1n) is 16.0. The Labute approximate surface area is 270 Å². The van der Waals surface area contributed by atoms with Crippen molar-refractivity contribution in [2.24, 2.45) is 0 Å². The second kappa shape index (κ2) is 11.8. The number of terminal acetylenes is 1. The van der Waals surface area contributed by atoms with Crippen molar-refractivity contribution in [2.75, 3.05) is 44.2 Å². The summed E-state index contributed by atoms with van der Waals surface area (Å²) in [5.41, 5.74) is 0.134. The SMILES string of the molecule is C#Cc1c(F)ccc2cc(O)cc(-c3c(Cl)cc4c(N5CC6CCC(C5)N6)nc(OCCCN5CC6CCC(C5)O6)nc4c3F)c12. The van der Waals surface area contributed by atoms with Crippen LogP contribution in [-0.4, -0.2) is 83.6 Å². The summed E-state index contributed by atoms with van der Waals surface area (Å²) in [6.07, 6.45) is 11.5. The van der Waals surface area contributed by atoms with Crippen molar-refractivity contribution in [3.63, 3.8) is 0 Å². The largest absolute Gasteiger partial charge is 0.508 e. The third-order valence-corrected chi connectivity index (χ3v) is 10.1. The fourth-order valence-electron chi connectivity index (χ4n) is 7.78. The second-order valence-electron chi connectivity index (χ2n) is 12.9. The van der Waals surface area contributed by atoms with E-state index >= 15 is 4.39 Å². The number of phenols is 1. The molecule has 4 fully saturated rings. The highest BCUT2D eigenvalue weighted by molar-refractivity contribution is 6.35. The number of nitrogens with one attached hydrogen (secondary N) is 1. The maximum Gasteiger partial charge on any atom is 0.319 e. The molecule has 2 N–H and O–H groups in total. The molecule has 4 aliphatic rings. The van der Waals surface area contributed by atoms with Gasteiger partial charge in [-0.05, 0) is 67.3 Å². The fraction of sp³-hybridized carbons (Fsp3) is 0.429. The first-order valence-corrected chi connectivity index (χ1v) is 16.4. The fourth-order valence-corrected chi connectivity index (χ4v) is 8.07. The summed E-state index contributed by atoms with van der Waals surface area (Å²) in [5, 5.41) is 15.5. The van der Waals surface area contributed by atoms with E-state index in [4.69, 9.17) is 32.5 Å². The number of aromatic hydroxyl groups is 1. The normalized spacial score (nSPS) is 24.2. The maximum absolute atomic E-state index is 16.9. The Morgan fingerprint density at radius 2 is 1.80 bits per heavy atom. The highest BCUT2D eigenvalue weighted by atomic mass is 35.5. The molecule has 5 heterocycles. The Kier molecular flexibility index (Phi) is 7.60. The Morgan fingerprint density at radius 3 is 2.54 bits per heavy atom. The number of phenolic OH excluding ortho intramolecular Hbond substituents is 1. The van der Waals surface area contributed by atoms with Crippen molar-refractivity contribution in [3.05, 3.63) is 52.6 Å². The molecule has 8 rings (SSSR count).